The van der Waals surface area contributed by atoms with Gasteiger partial charge in [0.1, 0.15) is 0 Å². The molecule has 9 heteroatoms. The summed E-state index contributed by atoms with van der Waals surface area (Å²) in [7, 11) is -2.44. The Kier molecular flexibility index (Phi) is 7.11. The molecular formula is C18H19BrN2O5S. The van der Waals surface area contributed by atoms with Gasteiger partial charge in [-0.1, -0.05) is 15.9 Å². The van der Waals surface area contributed by atoms with Crippen molar-refractivity contribution in [1.82, 2.24) is 4.31 Å². The fourth-order valence-electron chi connectivity index (χ4n) is 2.18. The first-order valence-corrected chi connectivity index (χ1v) is 10.3. The van der Waals surface area contributed by atoms with E-state index in [1.165, 1.54) is 31.3 Å². The number of halogens is 1. The van der Waals surface area contributed by atoms with Crippen LogP contribution in [0.2, 0.25) is 0 Å². The van der Waals surface area contributed by atoms with E-state index in [1.807, 2.05) is 0 Å². The molecule has 0 radical (unpaired) electrons. The monoisotopic (exact) mass is 454 g/mol. The van der Waals surface area contributed by atoms with Gasteiger partial charge >= 0.3 is 5.97 Å². The van der Waals surface area contributed by atoms with Gasteiger partial charge < -0.3 is 10.1 Å². The zero-order chi connectivity index (χ0) is 20.0. The van der Waals surface area contributed by atoms with E-state index < -0.39 is 21.9 Å². The number of ether oxygens (including phenoxy) is 1. The molecule has 1 amide bonds. The number of rotatable bonds is 7. The van der Waals surface area contributed by atoms with Gasteiger partial charge in [0, 0.05) is 17.2 Å². The number of benzene rings is 2. The molecule has 0 fully saturated rings. The number of carbonyl (C=O) groups excluding carboxylic acids is 2. The standard InChI is InChI=1S/C18H19BrN2O5S/c1-3-26-18(23)13-4-8-15(9-5-13)20-17(22)12-21(2)27(24,25)16-10-6-14(19)7-11-16/h4-11H,3,12H2,1-2H3,(H,20,22). The molecule has 0 unspecified atom stereocenters. The molecule has 144 valence electrons. The molecule has 0 aromatic heterocycles. The fourth-order valence-corrected chi connectivity index (χ4v) is 3.57. The predicted molar refractivity (Wildman–Crippen MR) is 105 cm³/mol. The lowest BCUT2D eigenvalue weighted by atomic mass is 10.2. The van der Waals surface area contributed by atoms with Crippen LogP contribution in [0.25, 0.3) is 0 Å². The van der Waals surface area contributed by atoms with Gasteiger partial charge in [-0.3, -0.25) is 4.79 Å². The summed E-state index contributed by atoms with van der Waals surface area (Å²) in [6.45, 7) is 1.64. The lowest BCUT2D eigenvalue weighted by molar-refractivity contribution is -0.116. The first kappa shape index (κ1) is 21.1. The maximum absolute atomic E-state index is 12.5. The van der Waals surface area contributed by atoms with E-state index in [1.54, 1.807) is 31.2 Å². The van der Waals surface area contributed by atoms with E-state index >= 15 is 0 Å². The van der Waals surface area contributed by atoms with Crippen molar-refractivity contribution in [3.05, 3.63) is 58.6 Å². The molecule has 0 aliphatic rings. The topological polar surface area (TPSA) is 92.8 Å². The molecule has 0 aliphatic heterocycles. The SMILES string of the molecule is CCOC(=O)c1ccc(NC(=O)CN(C)S(=O)(=O)c2ccc(Br)cc2)cc1. The molecule has 2 rings (SSSR count). The molecule has 2 aromatic carbocycles. The predicted octanol–water partition coefficient (Wildman–Crippen LogP) is 2.89. The minimum atomic E-state index is -3.78. The largest absolute Gasteiger partial charge is 0.462 e. The van der Waals surface area contributed by atoms with Crippen LogP contribution in [0.4, 0.5) is 5.69 Å². The Hall–Kier alpha value is -2.23. The van der Waals surface area contributed by atoms with Crippen molar-refractivity contribution in [3.63, 3.8) is 0 Å². The Bertz CT molecular complexity index is 912. The molecular weight excluding hydrogens is 436 g/mol. The van der Waals surface area contributed by atoms with Crippen LogP contribution in [-0.2, 0) is 19.6 Å². The van der Waals surface area contributed by atoms with Crippen LogP contribution in [0.3, 0.4) is 0 Å². The molecule has 2 aromatic rings. The van der Waals surface area contributed by atoms with Crippen LogP contribution in [0.15, 0.2) is 57.9 Å². The van der Waals surface area contributed by atoms with E-state index in [-0.39, 0.29) is 18.0 Å². The first-order chi connectivity index (χ1) is 12.7. The average Bonchev–Trinajstić information content (AvgIpc) is 2.62. The second-order valence-corrected chi connectivity index (χ2v) is 8.52. The summed E-state index contributed by atoms with van der Waals surface area (Å²) in [5.41, 5.74) is 0.812. The number of nitrogens with zero attached hydrogens (tertiary/aromatic N) is 1. The maximum Gasteiger partial charge on any atom is 0.338 e. The molecule has 0 saturated carbocycles. The highest BCUT2D eigenvalue weighted by molar-refractivity contribution is 9.10. The number of nitrogens with one attached hydrogen (secondary N) is 1. The van der Waals surface area contributed by atoms with Crippen LogP contribution in [0.5, 0.6) is 0 Å². The number of esters is 1. The Morgan fingerprint density at radius 3 is 2.22 bits per heavy atom. The smallest absolute Gasteiger partial charge is 0.338 e. The summed E-state index contributed by atoms with van der Waals surface area (Å²) in [4.78, 5) is 23.9. The summed E-state index contributed by atoms with van der Waals surface area (Å²) >= 11 is 3.25. The number of carbonyl (C=O) groups is 2. The fraction of sp³-hybridized carbons (Fsp3) is 0.222. The van der Waals surface area contributed by atoms with Crippen LogP contribution >= 0.6 is 15.9 Å². The Balaban J connectivity index is 2.00. The normalized spacial score (nSPS) is 11.3. The van der Waals surface area contributed by atoms with Crippen LogP contribution in [-0.4, -0.2) is 44.8 Å². The lowest BCUT2D eigenvalue weighted by Gasteiger charge is -2.17. The van der Waals surface area contributed by atoms with Crippen molar-refractivity contribution in [1.29, 1.82) is 0 Å². The summed E-state index contributed by atoms with van der Waals surface area (Å²) in [6.07, 6.45) is 0. The van der Waals surface area contributed by atoms with Gasteiger partial charge in [-0.2, -0.15) is 4.31 Å². The molecule has 0 bridgehead atoms. The summed E-state index contributed by atoms with van der Waals surface area (Å²) in [6, 6.07) is 12.3. The molecule has 0 aliphatic carbocycles. The molecule has 0 heterocycles. The number of sulfonamides is 1. The number of hydrogen-bond acceptors (Lipinski definition) is 5. The molecule has 1 N–H and O–H groups in total. The van der Waals surface area contributed by atoms with Crippen molar-refractivity contribution < 1.29 is 22.7 Å². The number of likely N-dealkylation sites (N-methyl/N-ethyl adjacent to an activating group) is 1. The minimum absolute atomic E-state index is 0.0970. The number of amides is 1. The third kappa shape index (κ3) is 5.62. The van der Waals surface area contributed by atoms with Crippen LogP contribution in [0.1, 0.15) is 17.3 Å². The van der Waals surface area contributed by atoms with Crippen molar-refractivity contribution in [2.45, 2.75) is 11.8 Å². The van der Waals surface area contributed by atoms with Gasteiger partial charge in [-0.25, -0.2) is 13.2 Å². The molecule has 0 saturated heterocycles. The maximum atomic E-state index is 12.5. The van der Waals surface area contributed by atoms with E-state index in [0.717, 1.165) is 8.78 Å². The number of hydrogen-bond donors (Lipinski definition) is 1. The van der Waals surface area contributed by atoms with Gasteiger partial charge in [0.25, 0.3) is 0 Å². The highest BCUT2D eigenvalue weighted by atomic mass is 79.9. The minimum Gasteiger partial charge on any atom is -0.462 e. The lowest BCUT2D eigenvalue weighted by Crippen LogP contribution is -2.34. The van der Waals surface area contributed by atoms with Gasteiger partial charge in [-0.05, 0) is 55.5 Å². The van der Waals surface area contributed by atoms with E-state index in [2.05, 4.69) is 21.2 Å². The van der Waals surface area contributed by atoms with Crippen molar-refractivity contribution in [2.24, 2.45) is 0 Å². The van der Waals surface area contributed by atoms with Crippen molar-refractivity contribution in [3.8, 4) is 0 Å². The van der Waals surface area contributed by atoms with Gasteiger partial charge in [0.2, 0.25) is 15.9 Å². The Morgan fingerprint density at radius 1 is 1.07 bits per heavy atom. The molecule has 7 nitrogen and oxygen atoms in total. The summed E-state index contributed by atoms with van der Waals surface area (Å²) < 4.78 is 31.6. The van der Waals surface area contributed by atoms with E-state index in [4.69, 9.17) is 4.74 Å². The highest BCUT2D eigenvalue weighted by Crippen LogP contribution is 2.18. The van der Waals surface area contributed by atoms with Gasteiger partial charge in [0.15, 0.2) is 0 Å². The Labute approximate surface area is 166 Å². The molecule has 0 atom stereocenters. The second kappa shape index (κ2) is 9.12. The zero-order valence-electron chi connectivity index (χ0n) is 14.8. The molecule has 0 spiro atoms. The van der Waals surface area contributed by atoms with Crippen LogP contribution < -0.4 is 5.32 Å². The van der Waals surface area contributed by atoms with Crippen molar-refractivity contribution >= 4 is 43.5 Å². The Morgan fingerprint density at radius 2 is 1.67 bits per heavy atom. The van der Waals surface area contributed by atoms with Crippen LogP contribution in [0, 0.1) is 0 Å². The average molecular weight is 455 g/mol. The third-order valence-electron chi connectivity index (χ3n) is 3.57. The second-order valence-electron chi connectivity index (χ2n) is 5.56. The first-order valence-electron chi connectivity index (χ1n) is 8.03. The van der Waals surface area contributed by atoms with Gasteiger partial charge in [0.05, 0.1) is 23.6 Å². The highest BCUT2D eigenvalue weighted by Gasteiger charge is 2.23. The third-order valence-corrected chi connectivity index (χ3v) is 5.91. The van der Waals surface area contributed by atoms with E-state index in [9.17, 15) is 18.0 Å². The summed E-state index contributed by atoms with van der Waals surface area (Å²) in [5, 5.41) is 2.60. The number of anilines is 1. The van der Waals surface area contributed by atoms with Crippen molar-refractivity contribution in [2.75, 3.05) is 25.5 Å². The summed E-state index contributed by atoms with van der Waals surface area (Å²) in [5.74, 6) is -0.947. The van der Waals surface area contributed by atoms with Gasteiger partial charge in [-0.15, -0.1) is 0 Å². The quantitative estimate of drug-likeness (QED) is 0.649. The zero-order valence-corrected chi connectivity index (χ0v) is 17.2. The van der Waals surface area contributed by atoms with E-state index in [0.29, 0.717) is 11.3 Å². The molecule has 27 heavy (non-hydrogen) atoms.